The monoisotopic (exact) mass is 463 g/mol. The highest BCUT2D eigenvalue weighted by atomic mass is 16.6. The van der Waals surface area contributed by atoms with Crippen LogP contribution in [0, 0.1) is 0 Å². The minimum absolute atomic E-state index is 0.0310. The number of nitrogens with one attached hydrogen (secondary N) is 2. The average Bonchev–Trinajstić information content (AvgIpc) is 3.28. The van der Waals surface area contributed by atoms with E-state index in [1.807, 2.05) is 37.4 Å². The molecule has 3 saturated heterocycles. The van der Waals surface area contributed by atoms with Gasteiger partial charge < -0.3 is 30.9 Å². The molecule has 1 aromatic rings. The molecule has 4 unspecified atom stereocenters. The molecule has 3 fully saturated rings. The number of hydrogen-bond acceptors (Lipinski definition) is 10. The van der Waals surface area contributed by atoms with Gasteiger partial charge in [0.1, 0.15) is 24.5 Å². The number of aliphatic hydroxyl groups is 2. The Bertz CT molecular complexity index is 744. The van der Waals surface area contributed by atoms with Crippen molar-refractivity contribution in [1.29, 1.82) is 0 Å². The van der Waals surface area contributed by atoms with Crippen molar-refractivity contribution in [2.75, 3.05) is 58.9 Å². The second kappa shape index (κ2) is 10.9. The smallest absolute Gasteiger partial charge is 0.142 e. The van der Waals surface area contributed by atoms with Gasteiger partial charge in [0, 0.05) is 31.9 Å². The van der Waals surface area contributed by atoms with E-state index in [0.717, 1.165) is 31.7 Å². The Morgan fingerprint density at radius 1 is 1.24 bits per heavy atom. The number of para-hydroxylation sites is 1. The normalized spacial score (nSPS) is 35.9. The fourth-order valence-electron chi connectivity index (χ4n) is 5.35. The van der Waals surface area contributed by atoms with Gasteiger partial charge in [0.05, 0.1) is 31.7 Å². The minimum atomic E-state index is -0.968. The highest BCUT2D eigenvalue weighted by Crippen LogP contribution is 2.32. The molecule has 6 N–H and O–H groups in total. The largest absolute Gasteiger partial charge is 0.387 e. The van der Waals surface area contributed by atoms with Crippen LogP contribution >= 0.6 is 0 Å². The van der Waals surface area contributed by atoms with Crippen molar-refractivity contribution in [2.45, 2.75) is 56.3 Å². The van der Waals surface area contributed by atoms with E-state index in [1.54, 1.807) is 0 Å². The first-order valence-corrected chi connectivity index (χ1v) is 12.1. The zero-order valence-electron chi connectivity index (χ0n) is 20.0. The molecule has 0 radical (unpaired) electrons. The molecular weight excluding hydrogens is 422 g/mol. The molecule has 33 heavy (non-hydrogen) atoms. The molecule has 0 amide bonds. The maximum atomic E-state index is 10.9. The Labute approximate surface area is 197 Å². The summed E-state index contributed by atoms with van der Waals surface area (Å²) < 4.78 is 6.25. The first-order valence-electron chi connectivity index (χ1n) is 12.1. The molecule has 7 atom stereocenters. The molecule has 0 aromatic heterocycles. The lowest BCUT2D eigenvalue weighted by Gasteiger charge is -2.45. The maximum absolute atomic E-state index is 10.9. The van der Waals surface area contributed by atoms with Crippen LogP contribution in [-0.4, -0.2) is 126 Å². The first-order chi connectivity index (χ1) is 15.9. The third-order valence-electron chi connectivity index (χ3n) is 7.11. The van der Waals surface area contributed by atoms with E-state index < -0.39 is 24.5 Å². The summed E-state index contributed by atoms with van der Waals surface area (Å²) in [5.41, 5.74) is 7.68. The molecule has 0 saturated carbocycles. The molecule has 3 heterocycles. The van der Waals surface area contributed by atoms with Crippen LogP contribution in [-0.2, 0) is 4.74 Å². The summed E-state index contributed by atoms with van der Waals surface area (Å²) in [4.78, 5) is 8.69. The summed E-state index contributed by atoms with van der Waals surface area (Å²) in [6.07, 6.45) is -2.00. The van der Waals surface area contributed by atoms with Crippen LogP contribution in [0.15, 0.2) is 30.3 Å². The Kier molecular flexibility index (Phi) is 8.21. The van der Waals surface area contributed by atoms with E-state index in [9.17, 15) is 10.2 Å². The van der Waals surface area contributed by atoms with Crippen molar-refractivity contribution >= 4 is 5.69 Å². The van der Waals surface area contributed by atoms with Crippen molar-refractivity contribution in [3.8, 4) is 0 Å². The van der Waals surface area contributed by atoms with Crippen molar-refractivity contribution in [3.63, 3.8) is 0 Å². The molecule has 1 aromatic carbocycles. The summed E-state index contributed by atoms with van der Waals surface area (Å²) in [5.74, 6) is 0. The fraction of sp³-hybridized carbons (Fsp3) is 0.739. The second-order valence-electron chi connectivity index (χ2n) is 9.61. The molecule has 3 aliphatic heterocycles. The first kappa shape index (κ1) is 24.8. The number of fused-ring (bicyclic) bond motifs is 1. The number of hydrogen-bond donors (Lipinski definition) is 5. The number of rotatable bonds is 9. The lowest BCUT2D eigenvalue weighted by atomic mass is 10.1. The van der Waals surface area contributed by atoms with Gasteiger partial charge in [-0.2, -0.15) is 0 Å². The van der Waals surface area contributed by atoms with Crippen LogP contribution < -0.4 is 16.4 Å². The summed E-state index contributed by atoms with van der Waals surface area (Å²) in [7, 11) is 4.06. The summed E-state index contributed by atoms with van der Waals surface area (Å²) in [6, 6.07) is 10.2. The van der Waals surface area contributed by atoms with Gasteiger partial charge in [0.25, 0.3) is 0 Å². The van der Waals surface area contributed by atoms with Gasteiger partial charge >= 0.3 is 0 Å². The number of benzene rings is 1. The number of likely N-dealkylation sites (N-methyl/N-ethyl adjacent to an activating group) is 2. The summed E-state index contributed by atoms with van der Waals surface area (Å²) in [5, 5.41) is 28.6. The Hall–Kier alpha value is -1.34. The van der Waals surface area contributed by atoms with Crippen LogP contribution in [0.4, 0.5) is 5.69 Å². The standard InChI is InChI=1S/C23H41N7O3/c1-4-11-29-14-26-22-18(21(29)24)28(3)15-30(22)23-20(32)19(31)17(33-23)13-27(2)12-10-25-16-8-6-5-7-9-16/h5-9,17-23,25-26,31-32H,4,10-15,24H2,1-3H3/t17?,18?,19-,20-,21?,22?,23-/m1/s1. The topological polar surface area (TPSA) is 113 Å². The minimum Gasteiger partial charge on any atom is -0.387 e. The summed E-state index contributed by atoms with van der Waals surface area (Å²) >= 11 is 0. The number of ether oxygens (including phenoxy) is 1. The van der Waals surface area contributed by atoms with Crippen molar-refractivity contribution in [1.82, 2.24) is 24.9 Å². The Morgan fingerprint density at radius 2 is 2.00 bits per heavy atom. The van der Waals surface area contributed by atoms with Gasteiger partial charge in [0.2, 0.25) is 0 Å². The van der Waals surface area contributed by atoms with E-state index in [4.69, 9.17) is 10.5 Å². The number of anilines is 1. The maximum Gasteiger partial charge on any atom is 0.142 e. The average molecular weight is 464 g/mol. The number of nitrogens with zero attached hydrogens (tertiary/aromatic N) is 4. The Morgan fingerprint density at radius 3 is 2.73 bits per heavy atom. The van der Waals surface area contributed by atoms with E-state index in [1.165, 1.54) is 0 Å². The van der Waals surface area contributed by atoms with Gasteiger partial charge in [-0.05, 0) is 32.6 Å². The van der Waals surface area contributed by atoms with Crippen molar-refractivity contribution < 1.29 is 14.9 Å². The molecule has 10 nitrogen and oxygen atoms in total. The molecule has 186 valence electrons. The molecule has 4 rings (SSSR count). The zero-order valence-corrected chi connectivity index (χ0v) is 20.0. The lowest BCUT2D eigenvalue weighted by Crippen LogP contribution is -2.69. The fourth-order valence-corrected chi connectivity index (χ4v) is 5.35. The van der Waals surface area contributed by atoms with Crippen molar-refractivity contribution in [2.24, 2.45) is 5.73 Å². The predicted molar refractivity (Wildman–Crippen MR) is 128 cm³/mol. The summed E-state index contributed by atoms with van der Waals surface area (Å²) in [6.45, 7) is 6.54. The lowest BCUT2D eigenvalue weighted by molar-refractivity contribution is -0.111. The SMILES string of the molecule is CCCN1CNC2C(C1N)N(C)CN2[C@@H]1OC(CN(C)CCNc2ccccc2)[C@@H](O)[C@H]1O. The second-order valence-corrected chi connectivity index (χ2v) is 9.61. The van der Waals surface area contributed by atoms with E-state index in [2.05, 4.69) is 44.2 Å². The molecule has 10 heteroatoms. The molecule has 3 aliphatic rings. The quantitative estimate of drug-likeness (QED) is 0.310. The predicted octanol–water partition coefficient (Wildman–Crippen LogP) is -1.07. The van der Waals surface area contributed by atoms with E-state index in [0.29, 0.717) is 19.9 Å². The van der Waals surface area contributed by atoms with Crippen molar-refractivity contribution in [3.05, 3.63) is 30.3 Å². The van der Waals surface area contributed by atoms with Crippen LogP contribution in [0.3, 0.4) is 0 Å². The zero-order chi connectivity index (χ0) is 23.5. The van der Waals surface area contributed by atoms with E-state index >= 15 is 0 Å². The van der Waals surface area contributed by atoms with Crippen LogP contribution in [0.2, 0.25) is 0 Å². The third-order valence-corrected chi connectivity index (χ3v) is 7.11. The Balaban J connectivity index is 1.32. The number of nitrogens with two attached hydrogens (primary N) is 1. The van der Waals surface area contributed by atoms with Gasteiger partial charge in [-0.1, -0.05) is 25.1 Å². The highest BCUT2D eigenvalue weighted by molar-refractivity contribution is 5.42. The third kappa shape index (κ3) is 5.34. The van der Waals surface area contributed by atoms with Gasteiger partial charge in [0.15, 0.2) is 0 Å². The molecule has 0 spiro atoms. The van der Waals surface area contributed by atoms with Crippen LogP contribution in [0.1, 0.15) is 13.3 Å². The van der Waals surface area contributed by atoms with Gasteiger partial charge in [-0.3, -0.25) is 15.1 Å². The highest BCUT2D eigenvalue weighted by Gasteiger charge is 2.54. The molecule has 0 bridgehead atoms. The molecule has 0 aliphatic carbocycles. The van der Waals surface area contributed by atoms with E-state index in [-0.39, 0.29) is 18.4 Å². The number of aliphatic hydroxyl groups excluding tert-OH is 2. The van der Waals surface area contributed by atoms with Gasteiger partial charge in [-0.25, -0.2) is 4.90 Å². The van der Waals surface area contributed by atoms with Crippen LogP contribution in [0.25, 0.3) is 0 Å². The molecular formula is C23H41N7O3. The van der Waals surface area contributed by atoms with Gasteiger partial charge in [-0.15, -0.1) is 0 Å². The van der Waals surface area contributed by atoms with Crippen LogP contribution in [0.5, 0.6) is 0 Å².